The zero-order chi connectivity index (χ0) is 17.4. The number of carbonyl (C=O) groups excluding carboxylic acids is 1. The zero-order valence-electron chi connectivity index (χ0n) is 14.7. The van der Waals surface area contributed by atoms with Crippen LogP contribution in [0, 0.1) is 6.92 Å². The van der Waals surface area contributed by atoms with Crippen molar-refractivity contribution in [2.45, 2.75) is 44.3 Å². The highest BCUT2D eigenvalue weighted by Crippen LogP contribution is 2.41. The fraction of sp³-hybridized carbons (Fsp3) is 0.474. The number of likely N-dealkylation sites (tertiary alicyclic amines) is 1. The Kier molecular flexibility index (Phi) is 4.21. The number of amides is 1. The first kappa shape index (κ1) is 16.1. The molecule has 2 unspecified atom stereocenters. The lowest BCUT2D eigenvalue weighted by molar-refractivity contribution is 0.0923. The minimum absolute atomic E-state index is 0.0539. The number of hydrogen-bond acceptors (Lipinski definition) is 4. The summed E-state index contributed by atoms with van der Waals surface area (Å²) in [5, 5.41) is 10.0. The van der Waals surface area contributed by atoms with Gasteiger partial charge in [-0.15, -0.1) is 0 Å². The van der Waals surface area contributed by atoms with Crippen molar-refractivity contribution in [3.05, 3.63) is 47.3 Å². The van der Waals surface area contributed by atoms with E-state index < -0.39 is 0 Å². The number of hydrogen-bond donors (Lipinski definition) is 2. The molecular formula is C19H24N4O2. The van der Waals surface area contributed by atoms with E-state index >= 15 is 0 Å². The number of nitrogens with zero attached hydrogens (tertiary/aromatic N) is 2. The van der Waals surface area contributed by atoms with E-state index in [1.807, 2.05) is 19.1 Å². The Bertz CT molecular complexity index is 768. The van der Waals surface area contributed by atoms with Gasteiger partial charge < -0.3 is 10.1 Å². The molecule has 2 N–H and O–H groups in total. The molecule has 132 valence electrons. The second-order valence-electron chi connectivity index (χ2n) is 6.97. The fourth-order valence-corrected chi connectivity index (χ4v) is 3.86. The number of aromatic amines is 1. The Labute approximate surface area is 147 Å². The van der Waals surface area contributed by atoms with Crippen LogP contribution in [0.15, 0.2) is 30.5 Å². The number of ether oxygens (including phenoxy) is 1. The highest BCUT2D eigenvalue weighted by atomic mass is 16.5. The molecule has 6 nitrogen and oxygen atoms in total. The van der Waals surface area contributed by atoms with Gasteiger partial charge in [0.15, 0.2) is 0 Å². The van der Waals surface area contributed by atoms with Gasteiger partial charge in [0.05, 0.1) is 31.0 Å². The summed E-state index contributed by atoms with van der Waals surface area (Å²) < 4.78 is 5.40. The first-order valence-electron chi connectivity index (χ1n) is 8.88. The van der Waals surface area contributed by atoms with Crippen molar-refractivity contribution >= 4 is 5.91 Å². The lowest BCUT2D eigenvalue weighted by Crippen LogP contribution is -2.40. The summed E-state index contributed by atoms with van der Waals surface area (Å²) in [4.78, 5) is 15.2. The molecule has 6 heteroatoms. The second-order valence-corrected chi connectivity index (χ2v) is 6.97. The first-order chi connectivity index (χ1) is 12.2. The Morgan fingerprint density at radius 2 is 2.20 bits per heavy atom. The monoisotopic (exact) mass is 340 g/mol. The molecular weight excluding hydrogens is 316 g/mol. The average Bonchev–Trinajstić information content (AvgIpc) is 3.25. The lowest BCUT2D eigenvalue weighted by Gasteiger charge is -2.29. The Hall–Kier alpha value is -2.34. The van der Waals surface area contributed by atoms with E-state index in [0.29, 0.717) is 11.6 Å². The van der Waals surface area contributed by atoms with Crippen LogP contribution < -0.4 is 10.1 Å². The Balaban J connectivity index is 1.59. The van der Waals surface area contributed by atoms with E-state index in [1.54, 1.807) is 13.3 Å². The van der Waals surface area contributed by atoms with Crippen molar-refractivity contribution in [3.63, 3.8) is 0 Å². The van der Waals surface area contributed by atoms with Crippen LogP contribution in [0.2, 0.25) is 0 Å². The summed E-state index contributed by atoms with van der Waals surface area (Å²) in [6.45, 7) is 2.88. The van der Waals surface area contributed by atoms with Gasteiger partial charge in [-0.25, -0.2) is 0 Å². The van der Waals surface area contributed by atoms with Crippen LogP contribution in [0.5, 0.6) is 5.75 Å². The lowest BCUT2D eigenvalue weighted by atomic mass is 9.99. The van der Waals surface area contributed by atoms with Crippen LogP contribution in [0.25, 0.3) is 0 Å². The molecule has 1 aliphatic carbocycles. The quantitative estimate of drug-likeness (QED) is 0.877. The maximum Gasteiger partial charge on any atom is 0.255 e. The summed E-state index contributed by atoms with van der Waals surface area (Å²) in [5.74, 6) is 0.803. The van der Waals surface area contributed by atoms with E-state index in [1.165, 1.54) is 18.4 Å². The molecule has 2 fully saturated rings. The minimum atomic E-state index is -0.0539. The fourth-order valence-electron chi connectivity index (χ4n) is 3.86. The van der Waals surface area contributed by atoms with Gasteiger partial charge in [0.2, 0.25) is 0 Å². The number of carbonyl (C=O) groups is 1. The molecule has 4 rings (SSSR count). The molecule has 0 radical (unpaired) electrons. The minimum Gasteiger partial charge on any atom is -0.497 e. The smallest absolute Gasteiger partial charge is 0.255 e. The van der Waals surface area contributed by atoms with E-state index in [-0.39, 0.29) is 18.0 Å². The molecule has 0 spiro atoms. The van der Waals surface area contributed by atoms with Gasteiger partial charge >= 0.3 is 0 Å². The number of benzene rings is 1. The predicted molar refractivity (Wildman–Crippen MR) is 94.7 cm³/mol. The van der Waals surface area contributed by atoms with E-state index in [9.17, 15) is 4.79 Å². The van der Waals surface area contributed by atoms with Gasteiger partial charge in [-0.1, -0.05) is 12.1 Å². The third-order valence-electron chi connectivity index (χ3n) is 5.28. The van der Waals surface area contributed by atoms with Gasteiger partial charge in [0.25, 0.3) is 5.91 Å². The molecule has 0 bridgehead atoms. The highest BCUT2D eigenvalue weighted by molar-refractivity contribution is 5.95. The van der Waals surface area contributed by atoms with E-state index in [2.05, 4.69) is 32.5 Å². The van der Waals surface area contributed by atoms with Crippen LogP contribution >= 0.6 is 0 Å². The number of methoxy groups -OCH3 is 1. The van der Waals surface area contributed by atoms with Crippen molar-refractivity contribution < 1.29 is 9.53 Å². The van der Waals surface area contributed by atoms with Gasteiger partial charge in [-0.2, -0.15) is 5.10 Å². The predicted octanol–water partition coefficient (Wildman–Crippen LogP) is 2.43. The van der Waals surface area contributed by atoms with Crippen LogP contribution in [0.3, 0.4) is 0 Å². The highest BCUT2D eigenvalue weighted by Gasteiger charge is 2.43. The summed E-state index contributed by atoms with van der Waals surface area (Å²) in [5.41, 5.74) is 2.62. The van der Waals surface area contributed by atoms with Crippen molar-refractivity contribution in [1.29, 1.82) is 0 Å². The van der Waals surface area contributed by atoms with E-state index in [4.69, 9.17) is 4.74 Å². The SMILES string of the molecule is COc1cccc(C2C(NC(=O)c3cn[nH]c3C)CCN2C2CC2)c1. The molecule has 1 amide bonds. The van der Waals surface area contributed by atoms with Gasteiger partial charge in [0.1, 0.15) is 5.75 Å². The number of H-pyrrole nitrogens is 1. The van der Waals surface area contributed by atoms with Gasteiger partial charge in [-0.3, -0.25) is 14.8 Å². The topological polar surface area (TPSA) is 70.2 Å². The number of aryl methyl sites for hydroxylation is 1. The maximum absolute atomic E-state index is 12.7. The second kappa shape index (κ2) is 6.52. The third kappa shape index (κ3) is 3.14. The standard InChI is InChI=1S/C19H24N4O2/c1-12-16(11-20-22-12)19(24)21-17-8-9-23(14-6-7-14)18(17)13-4-3-5-15(10-13)25-2/h3-5,10-11,14,17-18H,6-9H2,1-2H3,(H,20,22)(H,21,24). The van der Waals surface area contributed by atoms with Crippen LogP contribution in [-0.2, 0) is 0 Å². The van der Waals surface area contributed by atoms with Crippen molar-refractivity contribution in [2.75, 3.05) is 13.7 Å². The molecule has 2 atom stereocenters. The third-order valence-corrected chi connectivity index (χ3v) is 5.28. The summed E-state index contributed by atoms with van der Waals surface area (Å²) in [6, 6.07) is 9.14. The van der Waals surface area contributed by atoms with Crippen LogP contribution in [-0.4, -0.2) is 46.7 Å². The van der Waals surface area contributed by atoms with Crippen LogP contribution in [0.1, 0.15) is 46.9 Å². The number of rotatable bonds is 5. The van der Waals surface area contributed by atoms with Crippen LogP contribution in [0.4, 0.5) is 0 Å². The summed E-state index contributed by atoms with van der Waals surface area (Å²) in [6.07, 6.45) is 5.06. The maximum atomic E-state index is 12.7. The molecule has 1 saturated carbocycles. The number of nitrogens with one attached hydrogen (secondary N) is 2. The molecule has 25 heavy (non-hydrogen) atoms. The largest absolute Gasteiger partial charge is 0.497 e. The summed E-state index contributed by atoms with van der Waals surface area (Å²) >= 11 is 0. The molecule has 1 saturated heterocycles. The Morgan fingerprint density at radius 1 is 1.36 bits per heavy atom. The average molecular weight is 340 g/mol. The normalized spacial score (nSPS) is 23.6. The van der Waals surface area contributed by atoms with Crippen molar-refractivity contribution in [2.24, 2.45) is 0 Å². The van der Waals surface area contributed by atoms with E-state index in [0.717, 1.165) is 24.4 Å². The Morgan fingerprint density at radius 3 is 2.88 bits per heavy atom. The van der Waals surface area contributed by atoms with Crippen molar-refractivity contribution in [3.8, 4) is 5.75 Å². The molecule has 1 aromatic heterocycles. The number of aromatic nitrogens is 2. The molecule has 2 aromatic rings. The molecule has 1 aliphatic heterocycles. The molecule has 1 aromatic carbocycles. The molecule has 2 aliphatic rings. The van der Waals surface area contributed by atoms with Gasteiger partial charge in [-0.05, 0) is 43.9 Å². The zero-order valence-corrected chi connectivity index (χ0v) is 14.7. The first-order valence-corrected chi connectivity index (χ1v) is 8.88. The summed E-state index contributed by atoms with van der Waals surface area (Å²) in [7, 11) is 1.69. The molecule has 2 heterocycles. The van der Waals surface area contributed by atoms with Gasteiger partial charge in [0, 0.05) is 18.3 Å². The van der Waals surface area contributed by atoms with Crippen molar-refractivity contribution in [1.82, 2.24) is 20.4 Å².